The predicted octanol–water partition coefficient (Wildman–Crippen LogP) is 0.737. The van der Waals surface area contributed by atoms with E-state index in [4.69, 9.17) is 0 Å². The molecule has 0 fully saturated rings. The molecule has 0 radical (unpaired) electrons. The minimum atomic E-state index is -0.210. The smallest absolute Gasteiger partial charge is 0.239 e. The highest BCUT2D eigenvalue weighted by molar-refractivity contribution is 5.93. The van der Waals surface area contributed by atoms with Crippen molar-refractivity contribution in [2.45, 2.75) is 39.2 Å². The van der Waals surface area contributed by atoms with E-state index in [1.807, 2.05) is 20.8 Å². The fraction of sp³-hybridized carbons (Fsp3) is 0.636. The minimum Gasteiger partial charge on any atom is -0.379 e. The monoisotopic (exact) mass is 210 g/mol. The number of hydrogen-bond acceptors (Lipinski definition) is 3. The molecule has 84 valence electrons. The molecule has 0 aromatic carbocycles. The van der Waals surface area contributed by atoms with Gasteiger partial charge in [-0.1, -0.05) is 0 Å². The van der Waals surface area contributed by atoms with E-state index in [-0.39, 0.29) is 23.8 Å². The summed E-state index contributed by atoms with van der Waals surface area (Å²) in [5.41, 5.74) is 0.655. The number of ketones is 1. The van der Waals surface area contributed by atoms with Crippen LogP contribution in [0.2, 0.25) is 0 Å². The van der Waals surface area contributed by atoms with Crippen molar-refractivity contribution in [3.05, 3.63) is 11.8 Å². The number of hydrogen-bond donors (Lipinski definition) is 2. The lowest BCUT2D eigenvalue weighted by molar-refractivity contribution is -0.121. The van der Waals surface area contributed by atoms with Gasteiger partial charge >= 0.3 is 0 Å². The Morgan fingerprint density at radius 2 is 2.07 bits per heavy atom. The minimum absolute atomic E-state index is 0.0530. The highest BCUT2D eigenvalue weighted by Gasteiger charge is 2.15. The van der Waals surface area contributed by atoms with E-state index in [1.54, 1.807) is 6.08 Å². The molecule has 0 heterocycles. The maximum Gasteiger partial charge on any atom is 0.239 e. The molecule has 0 spiro atoms. The van der Waals surface area contributed by atoms with Gasteiger partial charge in [0.05, 0.1) is 6.54 Å². The van der Waals surface area contributed by atoms with Gasteiger partial charge in [-0.2, -0.15) is 0 Å². The van der Waals surface area contributed by atoms with Crippen LogP contribution in [0.1, 0.15) is 33.6 Å². The second kappa shape index (κ2) is 4.47. The normalized spacial score (nSPS) is 16.2. The molecule has 0 aliphatic heterocycles. The molecule has 4 heteroatoms. The summed E-state index contributed by atoms with van der Waals surface area (Å²) in [6.07, 6.45) is 2.86. The molecule has 0 aromatic heterocycles. The maximum absolute atomic E-state index is 11.4. The first-order valence-electron chi connectivity index (χ1n) is 5.15. The van der Waals surface area contributed by atoms with Crippen LogP contribution in [0, 0.1) is 0 Å². The van der Waals surface area contributed by atoms with Gasteiger partial charge in [0.2, 0.25) is 5.91 Å². The maximum atomic E-state index is 11.4. The number of nitrogens with one attached hydrogen (secondary N) is 2. The van der Waals surface area contributed by atoms with E-state index in [9.17, 15) is 9.59 Å². The van der Waals surface area contributed by atoms with Crippen molar-refractivity contribution in [3.63, 3.8) is 0 Å². The molecule has 1 aliphatic rings. The highest BCUT2D eigenvalue weighted by atomic mass is 16.2. The van der Waals surface area contributed by atoms with Gasteiger partial charge in [0, 0.05) is 23.7 Å². The van der Waals surface area contributed by atoms with Crippen LogP contribution < -0.4 is 10.6 Å². The third-order valence-corrected chi connectivity index (χ3v) is 1.97. The molecule has 0 saturated carbocycles. The molecule has 0 atom stereocenters. The first-order valence-corrected chi connectivity index (χ1v) is 5.15. The third kappa shape index (κ3) is 4.63. The number of allylic oxidation sites excluding steroid dienone is 2. The molecule has 1 amide bonds. The van der Waals surface area contributed by atoms with Gasteiger partial charge in [-0.15, -0.1) is 0 Å². The van der Waals surface area contributed by atoms with Crippen molar-refractivity contribution in [2.75, 3.05) is 6.54 Å². The van der Waals surface area contributed by atoms with Crippen LogP contribution in [-0.2, 0) is 9.59 Å². The lowest BCUT2D eigenvalue weighted by Gasteiger charge is -2.20. The van der Waals surface area contributed by atoms with Crippen molar-refractivity contribution in [2.24, 2.45) is 0 Å². The first kappa shape index (κ1) is 11.8. The van der Waals surface area contributed by atoms with Gasteiger partial charge in [-0.3, -0.25) is 9.59 Å². The molecule has 1 aliphatic carbocycles. The Labute approximate surface area is 90.1 Å². The molecule has 0 unspecified atom stereocenters. The zero-order valence-corrected chi connectivity index (χ0v) is 9.52. The summed E-state index contributed by atoms with van der Waals surface area (Å²) in [6, 6.07) is 0. The Morgan fingerprint density at radius 1 is 1.40 bits per heavy atom. The summed E-state index contributed by atoms with van der Waals surface area (Å²) < 4.78 is 0. The van der Waals surface area contributed by atoms with Crippen molar-refractivity contribution >= 4 is 11.7 Å². The Hall–Kier alpha value is -1.32. The van der Waals surface area contributed by atoms with E-state index in [0.29, 0.717) is 6.42 Å². The van der Waals surface area contributed by atoms with E-state index >= 15 is 0 Å². The second-order valence-electron chi connectivity index (χ2n) is 4.79. The Kier molecular flexibility index (Phi) is 3.50. The highest BCUT2D eigenvalue weighted by Crippen LogP contribution is 2.11. The van der Waals surface area contributed by atoms with Crippen LogP contribution in [0.5, 0.6) is 0 Å². The lowest BCUT2D eigenvalue weighted by Crippen LogP contribution is -2.44. The van der Waals surface area contributed by atoms with Gasteiger partial charge in [-0.05, 0) is 27.2 Å². The molecule has 4 nitrogen and oxygen atoms in total. The average molecular weight is 210 g/mol. The zero-order chi connectivity index (χ0) is 11.5. The molecule has 1 rings (SSSR count). The Bertz CT molecular complexity index is 300. The number of amides is 1. The fourth-order valence-electron chi connectivity index (χ4n) is 1.39. The number of carbonyl (C=O) groups excluding carboxylic acids is 2. The summed E-state index contributed by atoms with van der Waals surface area (Å²) in [5, 5.41) is 5.80. The Balaban J connectivity index is 2.29. The van der Waals surface area contributed by atoms with Gasteiger partial charge in [0.1, 0.15) is 0 Å². The average Bonchev–Trinajstić information content (AvgIpc) is 2.45. The van der Waals surface area contributed by atoms with E-state index in [2.05, 4.69) is 10.6 Å². The SMILES string of the molecule is CC(C)(C)NC(=O)CNC1=CC(=O)CC1. The topological polar surface area (TPSA) is 58.2 Å². The second-order valence-corrected chi connectivity index (χ2v) is 4.79. The molecule has 0 aromatic rings. The standard InChI is InChI=1S/C11H18N2O2/c1-11(2,3)13-10(15)7-12-8-4-5-9(14)6-8/h6,12H,4-5,7H2,1-3H3,(H,13,15). The molecular formula is C11H18N2O2. The van der Waals surface area contributed by atoms with Crippen molar-refractivity contribution in [1.29, 1.82) is 0 Å². The summed E-state index contributed by atoms with van der Waals surface area (Å²) in [6.45, 7) is 6.03. The van der Waals surface area contributed by atoms with Gasteiger partial charge < -0.3 is 10.6 Å². The molecule has 15 heavy (non-hydrogen) atoms. The van der Waals surface area contributed by atoms with Crippen molar-refractivity contribution < 1.29 is 9.59 Å². The van der Waals surface area contributed by atoms with Crippen molar-refractivity contribution in [1.82, 2.24) is 10.6 Å². The van der Waals surface area contributed by atoms with E-state index in [1.165, 1.54) is 0 Å². The van der Waals surface area contributed by atoms with Crippen LogP contribution in [0.15, 0.2) is 11.8 Å². The quantitative estimate of drug-likeness (QED) is 0.722. The van der Waals surface area contributed by atoms with E-state index < -0.39 is 0 Å². The molecular weight excluding hydrogens is 192 g/mol. The van der Waals surface area contributed by atoms with Gasteiger partial charge in [-0.25, -0.2) is 0 Å². The molecule has 2 N–H and O–H groups in total. The Morgan fingerprint density at radius 3 is 2.53 bits per heavy atom. The van der Waals surface area contributed by atoms with Crippen LogP contribution in [-0.4, -0.2) is 23.8 Å². The largest absolute Gasteiger partial charge is 0.379 e. The van der Waals surface area contributed by atoms with Gasteiger partial charge in [0.25, 0.3) is 0 Å². The first-order chi connectivity index (χ1) is 6.87. The fourth-order valence-corrected chi connectivity index (χ4v) is 1.39. The summed E-state index contributed by atoms with van der Waals surface area (Å²) in [5.74, 6) is 0.0801. The zero-order valence-electron chi connectivity index (χ0n) is 9.52. The van der Waals surface area contributed by atoms with E-state index in [0.717, 1.165) is 12.1 Å². The number of carbonyl (C=O) groups is 2. The lowest BCUT2D eigenvalue weighted by atomic mass is 10.1. The predicted molar refractivity (Wildman–Crippen MR) is 58.2 cm³/mol. The van der Waals surface area contributed by atoms with Crippen LogP contribution in [0.4, 0.5) is 0 Å². The third-order valence-electron chi connectivity index (χ3n) is 1.97. The van der Waals surface area contributed by atoms with Gasteiger partial charge in [0.15, 0.2) is 5.78 Å². The van der Waals surface area contributed by atoms with Crippen LogP contribution >= 0.6 is 0 Å². The molecule has 0 bridgehead atoms. The number of rotatable bonds is 3. The van der Waals surface area contributed by atoms with Crippen LogP contribution in [0.25, 0.3) is 0 Å². The summed E-state index contributed by atoms with van der Waals surface area (Å²) >= 11 is 0. The molecule has 0 saturated heterocycles. The van der Waals surface area contributed by atoms with Crippen LogP contribution in [0.3, 0.4) is 0 Å². The summed E-state index contributed by atoms with van der Waals surface area (Å²) in [7, 11) is 0. The van der Waals surface area contributed by atoms with Crippen molar-refractivity contribution in [3.8, 4) is 0 Å². The summed E-state index contributed by atoms with van der Waals surface area (Å²) in [4.78, 5) is 22.3.